The SMILES string of the molecule is COCC(=O)NC1CCCC(Nc2nc(-c3c[nH]c4ncc(Cl)cc34)ncc2F)C1. The summed E-state index contributed by atoms with van der Waals surface area (Å²) in [5.41, 5.74) is 1.34. The number of nitrogens with one attached hydrogen (secondary N) is 3. The van der Waals surface area contributed by atoms with Crippen molar-refractivity contribution in [2.45, 2.75) is 37.8 Å². The van der Waals surface area contributed by atoms with E-state index in [2.05, 4.69) is 30.6 Å². The van der Waals surface area contributed by atoms with Crippen LogP contribution in [-0.2, 0) is 9.53 Å². The zero-order valence-electron chi connectivity index (χ0n) is 16.4. The number of pyridine rings is 1. The van der Waals surface area contributed by atoms with E-state index in [-0.39, 0.29) is 30.4 Å². The maximum Gasteiger partial charge on any atom is 0.246 e. The van der Waals surface area contributed by atoms with Crippen molar-refractivity contribution < 1.29 is 13.9 Å². The highest BCUT2D eigenvalue weighted by Crippen LogP contribution is 2.29. The van der Waals surface area contributed by atoms with Crippen LogP contribution >= 0.6 is 11.6 Å². The van der Waals surface area contributed by atoms with Crippen LogP contribution in [0.25, 0.3) is 22.4 Å². The zero-order valence-corrected chi connectivity index (χ0v) is 17.2. The summed E-state index contributed by atoms with van der Waals surface area (Å²) in [4.78, 5) is 27.6. The molecule has 4 rings (SSSR count). The molecule has 0 aliphatic heterocycles. The number of aromatic amines is 1. The molecule has 1 aliphatic rings. The molecule has 1 fully saturated rings. The molecule has 3 N–H and O–H groups in total. The van der Waals surface area contributed by atoms with Gasteiger partial charge >= 0.3 is 0 Å². The Balaban J connectivity index is 1.52. The average Bonchev–Trinajstić information content (AvgIpc) is 3.13. The number of carbonyl (C=O) groups excluding carboxylic acids is 1. The molecule has 3 heterocycles. The summed E-state index contributed by atoms with van der Waals surface area (Å²) in [5.74, 6) is -0.168. The number of hydrogen-bond donors (Lipinski definition) is 3. The fourth-order valence-electron chi connectivity index (χ4n) is 3.81. The molecule has 0 spiro atoms. The second kappa shape index (κ2) is 8.93. The Morgan fingerprint density at radius 3 is 3.00 bits per heavy atom. The van der Waals surface area contributed by atoms with Crippen molar-refractivity contribution in [3.8, 4) is 11.4 Å². The standard InChI is InChI=1S/C20H22ClFN6O2/c1-30-10-17(29)26-12-3-2-4-13(6-12)27-20-16(22)9-25-19(28-20)15-8-24-18-14(15)5-11(21)7-23-18/h5,7-9,12-13H,2-4,6,10H2,1H3,(H,23,24)(H,26,29)(H,25,27,28). The third kappa shape index (κ3) is 4.52. The molecule has 2 atom stereocenters. The van der Waals surface area contributed by atoms with Crippen LogP contribution in [0.15, 0.2) is 24.7 Å². The van der Waals surface area contributed by atoms with Crippen molar-refractivity contribution in [3.63, 3.8) is 0 Å². The second-order valence-corrected chi connectivity index (χ2v) is 7.78. The van der Waals surface area contributed by atoms with E-state index in [1.54, 1.807) is 18.5 Å². The third-order valence-corrected chi connectivity index (χ3v) is 5.35. The predicted octanol–water partition coefficient (Wildman–Crippen LogP) is 3.30. The highest BCUT2D eigenvalue weighted by Gasteiger charge is 2.24. The van der Waals surface area contributed by atoms with Crippen molar-refractivity contribution in [1.29, 1.82) is 0 Å². The number of anilines is 1. The molecular formula is C20H22ClFN6O2. The summed E-state index contributed by atoms with van der Waals surface area (Å²) < 4.78 is 19.3. The molecule has 2 unspecified atom stereocenters. The lowest BCUT2D eigenvalue weighted by molar-refractivity contribution is -0.125. The van der Waals surface area contributed by atoms with E-state index < -0.39 is 5.82 Å². The van der Waals surface area contributed by atoms with E-state index in [1.807, 2.05) is 0 Å². The quantitative estimate of drug-likeness (QED) is 0.552. The van der Waals surface area contributed by atoms with Crippen LogP contribution in [0.4, 0.5) is 10.2 Å². The van der Waals surface area contributed by atoms with Gasteiger partial charge in [-0.3, -0.25) is 4.79 Å². The Bertz CT molecular complexity index is 1060. The van der Waals surface area contributed by atoms with E-state index in [9.17, 15) is 9.18 Å². The molecule has 1 amide bonds. The predicted molar refractivity (Wildman–Crippen MR) is 112 cm³/mol. The number of methoxy groups -OCH3 is 1. The van der Waals surface area contributed by atoms with Crippen LogP contribution in [0, 0.1) is 5.82 Å². The van der Waals surface area contributed by atoms with Gasteiger partial charge in [-0.2, -0.15) is 0 Å². The minimum absolute atomic E-state index is 0.0112. The maximum absolute atomic E-state index is 14.4. The summed E-state index contributed by atoms with van der Waals surface area (Å²) in [6.07, 6.45) is 7.78. The summed E-state index contributed by atoms with van der Waals surface area (Å²) in [7, 11) is 1.48. The lowest BCUT2D eigenvalue weighted by atomic mass is 9.91. The molecule has 3 aromatic heterocycles. The van der Waals surface area contributed by atoms with Gasteiger partial charge in [-0.25, -0.2) is 19.3 Å². The van der Waals surface area contributed by atoms with Gasteiger partial charge in [0.2, 0.25) is 5.91 Å². The van der Waals surface area contributed by atoms with Crippen LogP contribution < -0.4 is 10.6 Å². The van der Waals surface area contributed by atoms with Crippen LogP contribution in [0.5, 0.6) is 0 Å². The minimum Gasteiger partial charge on any atom is -0.375 e. The van der Waals surface area contributed by atoms with Crippen molar-refractivity contribution in [3.05, 3.63) is 35.5 Å². The zero-order chi connectivity index (χ0) is 21.1. The molecule has 0 bridgehead atoms. The first kappa shape index (κ1) is 20.5. The molecule has 0 saturated heterocycles. The van der Waals surface area contributed by atoms with Gasteiger partial charge in [0.25, 0.3) is 0 Å². The topological polar surface area (TPSA) is 105 Å². The number of nitrogens with zero attached hydrogens (tertiary/aromatic N) is 3. The summed E-state index contributed by atoms with van der Waals surface area (Å²) >= 11 is 6.06. The Morgan fingerprint density at radius 1 is 1.33 bits per heavy atom. The largest absolute Gasteiger partial charge is 0.375 e. The molecule has 0 aromatic carbocycles. The molecule has 1 aliphatic carbocycles. The molecule has 8 nitrogen and oxygen atoms in total. The Hall–Kier alpha value is -2.78. The third-order valence-electron chi connectivity index (χ3n) is 5.14. The fraction of sp³-hybridized carbons (Fsp3) is 0.400. The second-order valence-electron chi connectivity index (χ2n) is 7.35. The number of carbonyl (C=O) groups is 1. The summed E-state index contributed by atoms with van der Waals surface area (Å²) in [6, 6.07) is 1.78. The first-order valence-electron chi connectivity index (χ1n) is 9.74. The normalized spacial score (nSPS) is 19.0. The van der Waals surface area contributed by atoms with Gasteiger partial charge in [-0.1, -0.05) is 11.6 Å². The van der Waals surface area contributed by atoms with Gasteiger partial charge in [0, 0.05) is 42.5 Å². The molecule has 30 heavy (non-hydrogen) atoms. The Kier molecular flexibility index (Phi) is 6.10. The molecular weight excluding hydrogens is 411 g/mol. The van der Waals surface area contributed by atoms with Crippen LogP contribution in [0.3, 0.4) is 0 Å². The van der Waals surface area contributed by atoms with Gasteiger partial charge in [0.05, 0.1) is 11.2 Å². The molecule has 3 aromatic rings. The van der Waals surface area contributed by atoms with Crippen molar-refractivity contribution in [2.75, 3.05) is 19.0 Å². The number of aromatic nitrogens is 4. The van der Waals surface area contributed by atoms with Crippen molar-refractivity contribution >= 4 is 34.4 Å². The number of hydrogen-bond acceptors (Lipinski definition) is 6. The highest BCUT2D eigenvalue weighted by molar-refractivity contribution is 6.31. The number of fused-ring (bicyclic) bond motifs is 1. The number of rotatable bonds is 6. The minimum atomic E-state index is -0.528. The summed E-state index contributed by atoms with van der Waals surface area (Å²) in [5, 5.41) is 7.40. The van der Waals surface area contributed by atoms with Gasteiger partial charge in [-0.15, -0.1) is 0 Å². The van der Waals surface area contributed by atoms with Crippen LogP contribution in [0.1, 0.15) is 25.7 Å². The van der Waals surface area contributed by atoms with Crippen LogP contribution in [0.2, 0.25) is 5.02 Å². The van der Waals surface area contributed by atoms with E-state index in [0.29, 0.717) is 28.5 Å². The Morgan fingerprint density at radius 2 is 2.17 bits per heavy atom. The van der Waals surface area contributed by atoms with E-state index >= 15 is 0 Å². The van der Waals surface area contributed by atoms with Crippen molar-refractivity contribution in [2.24, 2.45) is 0 Å². The smallest absolute Gasteiger partial charge is 0.246 e. The highest BCUT2D eigenvalue weighted by atomic mass is 35.5. The van der Waals surface area contributed by atoms with E-state index in [1.165, 1.54) is 7.11 Å². The molecule has 0 radical (unpaired) electrons. The maximum atomic E-state index is 14.4. The summed E-state index contributed by atoms with van der Waals surface area (Å²) in [6.45, 7) is 0.0298. The first-order valence-corrected chi connectivity index (χ1v) is 10.1. The van der Waals surface area contributed by atoms with Crippen molar-refractivity contribution in [1.82, 2.24) is 25.3 Å². The molecule has 158 valence electrons. The lowest BCUT2D eigenvalue weighted by Crippen LogP contribution is -2.43. The van der Waals surface area contributed by atoms with Gasteiger partial charge in [0.1, 0.15) is 12.3 Å². The molecule has 1 saturated carbocycles. The van der Waals surface area contributed by atoms with Gasteiger partial charge < -0.3 is 20.4 Å². The van der Waals surface area contributed by atoms with Gasteiger partial charge in [-0.05, 0) is 31.7 Å². The first-order chi connectivity index (χ1) is 14.5. The number of ether oxygens (including phenoxy) is 1. The van der Waals surface area contributed by atoms with E-state index in [4.69, 9.17) is 16.3 Å². The van der Waals surface area contributed by atoms with Crippen LogP contribution in [-0.4, -0.2) is 51.6 Å². The van der Waals surface area contributed by atoms with Gasteiger partial charge in [0.15, 0.2) is 17.5 Å². The average molecular weight is 433 g/mol. The number of amides is 1. The lowest BCUT2D eigenvalue weighted by Gasteiger charge is -2.30. The number of halogens is 2. The number of H-pyrrole nitrogens is 1. The fourth-order valence-corrected chi connectivity index (χ4v) is 3.96. The Labute approximate surface area is 177 Å². The van der Waals surface area contributed by atoms with E-state index in [0.717, 1.165) is 30.8 Å². The molecule has 10 heteroatoms. The monoisotopic (exact) mass is 432 g/mol.